The third-order valence-electron chi connectivity index (χ3n) is 7.04. The molecule has 33 heavy (non-hydrogen) atoms. The predicted octanol–water partition coefficient (Wildman–Crippen LogP) is 6.07. The summed E-state index contributed by atoms with van der Waals surface area (Å²) in [7, 11) is -2.04. The number of anilines is 2. The topological polar surface area (TPSA) is 64.6 Å². The molecule has 0 N–H and O–H groups in total. The zero-order valence-corrected chi connectivity index (χ0v) is 22.1. The number of hydrogen-bond donors (Lipinski definition) is 0. The van der Waals surface area contributed by atoms with E-state index >= 15 is 0 Å². The lowest BCUT2D eigenvalue weighted by molar-refractivity contribution is -0.121. The number of aromatic nitrogens is 2. The fourth-order valence-electron chi connectivity index (χ4n) is 3.96. The molecule has 2 aliphatic rings. The van der Waals surface area contributed by atoms with Gasteiger partial charge < -0.3 is 9.16 Å². The Morgan fingerprint density at radius 2 is 1.97 bits per heavy atom. The van der Waals surface area contributed by atoms with Crippen molar-refractivity contribution >= 4 is 37.3 Å². The van der Waals surface area contributed by atoms with Gasteiger partial charge in [0, 0.05) is 11.6 Å². The van der Waals surface area contributed by atoms with Crippen LogP contribution in [0.4, 0.5) is 15.9 Å². The van der Waals surface area contributed by atoms with Crippen molar-refractivity contribution in [1.29, 1.82) is 0 Å². The maximum absolute atomic E-state index is 14.9. The van der Waals surface area contributed by atoms with E-state index in [0.717, 1.165) is 12.0 Å². The number of fused-ring (bicyclic) bond motifs is 2. The Hall–Kier alpha value is -2.03. The number of carbonyl (C=O) groups is 1. The Kier molecular flexibility index (Phi) is 5.86. The van der Waals surface area contributed by atoms with Crippen molar-refractivity contribution < 1.29 is 18.3 Å². The normalized spacial score (nSPS) is 17.6. The minimum absolute atomic E-state index is 0.0280. The zero-order valence-electron chi connectivity index (χ0n) is 20.3. The van der Waals surface area contributed by atoms with E-state index in [1.807, 2.05) is 6.07 Å². The molecule has 0 saturated heterocycles. The molecule has 1 amide bonds. The van der Waals surface area contributed by atoms with Crippen molar-refractivity contribution in [1.82, 2.24) is 9.97 Å². The molecular weight excluding hydrogens is 461 g/mol. The molecule has 2 aromatic rings. The van der Waals surface area contributed by atoms with E-state index in [9.17, 15) is 9.18 Å². The second-order valence-corrected chi connectivity index (χ2v) is 16.0. The van der Waals surface area contributed by atoms with E-state index in [2.05, 4.69) is 38.8 Å². The number of benzene rings is 1. The first-order valence-corrected chi connectivity index (χ1v) is 14.5. The van der Waals surface area contributed by atoms with Gasteiger partial charge in [-0.2, -0.15) is 0 Å². The molecule has 2 aliphatic heterocycles. The van der Waals surface area contributed by atoms with E-state index in [1.165, 1.54) is 11.0 Å². The van der Waals surface area contributed by atoms with Gasteiger partial charge in [-0.25, -0.2) is 14.4 Å². The maximum atomic E-state index is 14.9. The Bertz CT molecular complexity index is 1130. The van der Waals surface area contributed by atoms with Gasteiger partial charge in [0.15, 0.2) is 25.7 Å². The highest BCUT2D eigenvalue weighted by Crippen LogP contribution is 2.48. The minimum Gasteiger partial charge on any atom is -0.490 e. The molecule has 0 radical (unpaired) electrons. The lowest BCUT2D eigenvalue weighted by Crippen LogP contribution is -2.40. The number of ether oxygens (including phenoxy) is 1. The van der Waals surface area contributed by atoms with Crippen LogP contribution in [0.2, 0.25) is 23.3 Å². The van der Waals surface area contributed by atoms with Crippen LogP contribution in [0.1, 0.15) is 58.0 Å². The number of rotatable bonds is 4. The highest BCUT2D eigenvalue weighted by molar-refractivity contribution is 6.74. The van der Waals surface area contributed by atoms with E-state index in [-0.39, 0.29) is 28.5 Å². The molecule has 0 fully saturated rings. The van der Waals surface area contributed by atoms with E-state index < -0.39 is 19.5 Å². The van der Waals surface area contributed by atoms with Gasteiger partial charge in [0.1, 0.15) is 11.0 Å². The molecule has 1 aromatic heterocycles. The molecule has 0 spiro atoms. The van der Waals surface area contributed by atoms with Gasteiger partial charge >= 0.3 is 0 Å². The number of hydrogen-bond acceptors (Lipinski definition) is 5. The molecule has 1 aromatic carbocycles. The summed E-state index contributed by atoms with van der Waals surface area (Å²) >= 11 is 6.60. The Balaban J connectivity index is 1.77. The molecule has 4 rings (SSSR count). The van der Waals surface area contributed by atoms with E-state index in [1.54, 1.807) is 13.8 Å². The molecule has 0 unspecified atom stereocenters. The highest BCUT2D eigenvalue weighted by Gasteiger charge is 2.48. The van der Waals surface area contributed by atoms with Crippen LogP contribution < -0.4 is 9.64 Å². The molecule has 178 valence electrons. The monoisotopic (exact) mass is 491 g/mol. The Morgan fingerprint density at radius 1 is 1.27 bits per heavy atom. The van der Waals surface area contributed by atoms with Crippen molar-refractivity contribution in [3.05, 3.63) is 40.1 Å². The van der Waals surface area contributed by atoms with Gasteiger partial charge in [-0.3, -0.25) is 9.69 Å². The quantitative estimate of drug-likeness (QED) is 0.383. The molecule has 0 saturated carbocycles. The second-order valence-electron chi connectivity index (χ2n) is 10.8. The lowest BCUT2D eigenvalue weighted by Gasteiger charge is -2.35. The number of nitrogens with zero attached hydrogens (tertiary/aromatic N) is 3. The first-order valence-electron chi connectivity index (χ1n) is 11.2. The minimum atomic E-state index is -2.04. The predicted molar refractivity (Wildman–Crippen MR) is 129 cm³/mol. The van der Waals surface area contributed by atoms with Crippen molar-refractivity contribution in [3.63, 3.8) is 0 Å². The molecular formula is C24H31ClFN3O3Si. The molecule has 0 aliphatic carbocycles. The summed E-state index contributed by atoms with van der Waals surface area (Å²) < 4.78 is 26.6. The summed E-state index contributed by atoms with van der Waals surface area (Å²) in [4.78, 5) is 24.1. The van der Waals surface area contributed by atoms with Crippen LogP contribution in [0.15, 0.2) is 12.1 Å². The van der Waals surface area contributed by atoms with Crippen molar-refractivity contribution in [2.45, 2.75) is 77.6 Å². The van der Waals surface area contributed by atoms with Crippen LogP contribution in [0, 0.1) is 5.82 Å². The number of aryl methyl sites for hydroxylation is 1. The van der Waals surface area contributed by atoms with Crippen LogP contribution >= 0.6 is 11.6 Å². The van der Waals surface area contributed by atoms with Gasteiger partial charge in [0.25, 0.3) is 0 Å². The van der Waals surface area contributed by atoms with Crippen molar-refractivity contribution in [3.8, 4) is 5.75 Å². The first-order chi connectivity index (χ1) is 15.2. The van der Waals surface area contributed by atoms with E-state index in [4.69, 9.17) is 25.7 Å². The summed E-state index contributed by atoms with van der Waals surface area (Å²) in [5.41, 5.74) is 0.755. The number of amides is 1. The van der Waals surface area contributed by atoms with Crippen molar-refractivity contribution in [2.75, 3.05) is 11.5 Å². The molecule has 0 bridgehead atoms. The number of carbonyl (C=O) groups excluding carboxylic acids is 1. The summed E-state index contributed by atoms with van der Waals surface area (Å²) in [5.74, 6) is 0.339. The maximum Gasteiger partial charge on any atom is 0.243 e. The second kappa shape index (κ2) is 8.03. The average molecular weight is 492 g/mol. The summed E-state index contributed by atoms with van der Waals surface area (Å²) in [6, 6.07) is 3.14. The summed E-state index contributed by atoms with van der Waals surface area (Å²) in [6.45, 7) is 15.0. The molecule has 9 heteroatoms. The lowest BCUT2D eigenvalue weighted by atomic mass is 9.88. The number of halogens is 2. The Morgan fingerprint density at radius 3 is 2.64 bits per heavy atom. The Labute approximate surface area is 200 Å². The molecule has 0 atom stereocenters. The van der Waals surface area contributed by atoms with Gasteiger partial charge in [-0.05, 0) is 56.5 Å². The van der Waals surface area contributed by atoms with Crippen LogP contribution in [-0.4, -0.2) is 30.8 Å². The van der Waals surface area contributed by atoms with Crippen molar-refractivity contribution in [2.24, 2.45) is 0 Å². The van der Waals surface area contributed by atoms with Crippen LogP contribution in [-0.2, 0) is 27.7 Å². The third-order valence-corrected chi connectivity index (χ3v) is 11.8. The van der Waals surface area contributed by atoms with Crippen LogP contribution in [0.3, 0.4) is 0 Å². The van der Waals surface area contributed by atoms with Crippen LogP contribution in [0.5, 0.6) is 5.75 Å². The summed E-state index contributed by atoms with van der Waals surface area (Å²) in [6.07, 6.45) is 1.49. The highest BCUT2D eigenvalue weighted by atomic mass is 35.5. The van der Waals surface area contributed by atoms with Gasteiger partial charge in [0.05, 0.1) is 24.3 Å². The third kappa shape index (κ3) is 4.06. The fraction of sp³-hybridized carbons (Fsp3) is 0.542. The molecule has 3 heterocycles. The smallest absolute Gasteiger partial charge is 0.243 e. The van der Waals surface area contributed by atoms with Gasteiger partial charge in [-0.15, -0.1) is 0 Å². The SMILES string of the molecule is CC1(C)C(=O)N(c2cc(F)c3c(c2)CCCO3)c2nc(CO[Si](C)(C)C(C)(C)C)nc(Cl)c21. The zero-order chi connectivity index (χ0) is 24.3. The average Bonchev–Trinajstić information content (AvgIpc) is 2.91. The van der Waals surface area contributed by atoms with Gasteiger partial charge in [0.2, 0.25) is 5.91 Å². The van der Waals surface area contributed by atoms with Gasteiger partial charge in [-0.1, -0.05) is 32.4 Å². The van der Waals surface area contributed by atoms with E-state index in [0.29, 0.717) is 35.9 Å². The summed E-state index contributed by atoms with van der Waals surface area (Å²) in [5, 5.41) is 0.247. The standard InChI is InChI=1S/C24H31ClFN3O3Si/c1-23(2,3)33(6,7)32-13-17-27-20(25)18-21(28-17)29(22(30)24(18,4)5)15-11-14-9-8-10-31-19(14)16(26)12-15/h11-12H,8-10,13H2,1-7H3. The largest absolute Gasteiger partial charge is 0.490 e. The first kappa shape index (κ1) is 24.1. The fourth-order valence-corrected chi connectivity index (χ4v) is 5.30. The molecule has 6 nitrogen and oxygen atoms in total. The van der Waals surface area contributed by atoms with Crippen LogP contribution in [0.25, 0.3) is 0 Å².